The lowest BCUT2D eigenvalue weighted by Gasteiger charge is -2.45. The van der Waals surface area contributed by atoms with Crippen molar-refractivity contribution in [1.82, 2.24) is 20.0 Å². The molecule has 2 bridgehead atoms. The van der Waals surface area contributed by atoms with Crippen molar-refractivity contribution in [3.8, 4) is 0 Å². The number of dihydropyridines is 1. The topological polar surface area (TPSA) is 113 Å². The summed E-state index contributed by atoms with van der Waals surface area (Å²) < 4.78 is 0. The fraction of sp³-hybridized carbons (Fsp3) is 0.405. The van der Waals surface area contributed by atoms with Crippen LogP contribution in [0.4, 0.5) is 0 Å². The molecule has 3 N–H and O–H groups in total. The fourth-order valence-electron chi connectivity index (χ4n) is 8.94. The van der Waals surface area contributed by atoms with Gasteiger partial charge in [0.25, 0.3) is 0 Å². The molecule has 0 radical (unpaired) electrons. The molecule has 3 saturated heterocycles. The van der Waals surface area contributed by atoms with E-state index in [4.69, 9.17) is 23.2 Å². The van der Waals surface area contributed by atoms with Crippen LogP contribution in [0.3, 0.4) is 0 Å². The van der Waals surface area contributed by atoms with E-state index in [2.05, 4.69) is 22.2 Å². The zero-order valence-corrected chi connectivity index (χ0v) is 32.6. The van der Waals surface area contributed by atoms with Crippen LogP contribution in [0.25, 0.3) is 0 Å². The van der Waals surface area contributed by atoms with Gasteiger partial charge in [-0.15, -0.1) is 11.8 Å². The number of carbonyl (C=O) groups is 3. The first-order valence-electron chi connectivity index (χ1n) is 18.7. The zero-order chi connectivity index (χ0) is 37.9. The van der Waals surface area contributed by atoms with Gasteiger partial charge in [-0.1, -0.05) is 77.8 Å². The number of amides is 1. The van der Waals surface area contributed by atoms with E-state index in [1.54, 1.807) is 30.0 Å². The first-order valence-corrected chi connectivity index (χ1v) is 20.4. The van der Waals surface area contributed by atoms with Crippen LogP contribution in [-0.4, -0.2) is 99.9 Å². The minimum absolute atomic E-state index is 0.145. The summed E-state index contributed by atoms with van der Waals surface area (Å²) in [7, 11) is 2.24. The fourth-order valence-corrected chi connectivity index (χ4v) is 10.6. The highest BCUT2D eigenvalue weighted by Crippen LogP contribution is 2.47. The smallest absolute Gasteiger partial charge is 0.334 e. The van der Waals surface area contributed by atoms with Crippen molar-refractivity contribution < 1.29 is 24.6 Å². The molecule has 284 valence electrons. The van der Waals surface area contributed by atoms with Crippen LogP contribution in [0.15, 0.2) is 106 Å². The maximum Gasteiger partial charge on any atom is 0.334 e. The molecule has 3 fully saturated rings. The Labute approximate surface area is 331 Å². The molecule has 54 heavy (non-hydrogen) atoms. The predicted octanol–water partition coefficient (Wildman–Crippen LogP) is 7.17. The number of carboxylic acids is 2. The molecule has 3 aromatic rings. The number of fused-ring (bicyclic) bond motifs is 2. The van der Waals surface area contributed by atoms with E-state index in [1.807, 2.05) is 65.6 Å². The molecule has 1 amide bonds. The SMILES string of the molecule is CN1C2CCC1CC(N1CCN(C(=O)CC3=C(C(=O)O)C(c4c(Cl)cccc4Cl)C(C(=O)O)=C(C(CSc4ccccc4)Cc4ccccc4)N3)CC1)C2. The van der Waals surface area contributed by atoms with Crippen LogP contribution < -0.4 is 5.32 Å². The van der Waals surface area contributed by atoms with Crippen molar-refractivity contribution in [1.29, 1.82) is 0 Å². The second-order valence-electron chi connectivity index (χ2n) is 14.8. The van der Waals surface area contributed by atoms with Gasteiger partial charge in [0.05, 0.1) is 23.5 Å². The zero-order valence-electron chi connectivity index (χ0n) is 30.3. The minimum atomic E-state index is -1.34. The van der Waals surface area contributed by atoms with Crippen LogP contribution in [-0.2, 0) is 20.8 Å². The summed E-state index contributed by atoms with van der Waals surface area (Å²) >= 11 is 15.1. The number of carbonyl (C=O) groups excluding carboxylic acids is 1. The van der Waals surface area contributed by atoms with Gasteiger partial charge in [-0.3, -0.25) is 9.69 Å². The van der Waals surface area contributed by atoms with Gasteiger partial charge >= 0.3 is 11.9 Å². The van der Waals surface area contributed by atoms with E-state index in [-0.39, 0.29) is 44.8 Å². The molecule has 4 aliphatic heterocycles. The maximum absolute atomic E-state index is 14.2. The number of nitrogens with one attached hydrogen (secondary N) is 1. The van der Waals surface area contributed by atoms with Gasteiger partial charge in [-0.25, -0.2) is 9.59 Å². The molecule has 4 unspecified atom stereocenters. The maximum atomic E-state index is 14.2. The van der Waals surface area contributed by atoms with E-state index >= 15 is 0 Å². The molecule has 0 spiro atoms. The van der Waals surface area contributed by atoms with E-state index in [1.165, 1.54) is 12.8 Å². The molecule has 0 aromatic heterocycles. The number of nitrogens with zero attached hydrogens (tertiary/aromatic N) is 3. The summed E-state index contributed by atoms with van der Waals surface area (Å²) in [5.41, 5.74) is 1.30. The average Bonchev–Trinajstić information content (AvgIpc) is 3.35. The number of allylic oxidation sites excluding steroid dienone is 1. The Hall–Kier alpha value is -3.80. The van der Waals surface area contributed by atoms with Crippen molar-refractivity contribution in [2.45, 2.75) is 67.5 Å². The average molecular weight is 790 g/mol. The highest BCUT2D eigenvalue weighted by atomic mass is 35.5. The predicted molar refractivity (Wildman–Crippen MR) is 213 cm³/mol. The molecule has 0 saturated carbocycles. The molecule has 4 heterocycles. The molecule has 3 aromatic carbocycles. The number of thioether (sulfide) groups is 1. The van der Waals surface area contributed by atoms with Crippen molar-refractivity contribution in [3.63, 3.8) is 0 Å². The van der Waals surface area contributed by atoms with E-state index in [0.29, 0.717) is 49.1 Å². The quantitative estimate of drug-likeness (QED) is 0.165. The van der Waals surface area contributed by atoms with Crippen LogP contribution in [0.5, 0.6) is 0 Å². The number of carboxylic acid groups (broad SMARTS) is 2. The molecule has 4 aliphatic rings. The van der Waals surface area contributed by atoms with Crippen LogP contribution in [0.1, 0.15) is 49.1 Å². The number of rotatable bonds is 12. The number of hydrogen-bond acceptors (Lipinski definition) is 7. The lowest BCUT2D eigenvalue weighted by molar-refractivity contribution is -0.133. The largest absolute Gasteiger partial charge is 0.478 e. The third-order valence-electron chi connectivity index (χ3n) is 11.7. The number of piperazine rings is 1. The van der Waals surface area contributed by atoms with Crippen molar-refractivity contribution in [3.05, 3.63) is 123 Å². The lowest BCUT2D eigenvalue weighted by atomic mass is 9.77. The van der Waals surface area contributed by atoms with Crippen LogP contribution >= 0.6 is 35.0 Å². The van der Waals surface area contributed by atoms with E-state index < -0.39 is 23.8 Å². The second kappa shape index (κ2) is 16.9. The summed E-state index contributed by atoms with van der Waals surface area (Å²) in [4.78, 5) is 48.9. The van der Waals surface area contributed by atoms with Gasteiger partial charge in [0, 0.05) is 87.9 Å². The second-order valence-corrected chi connectivity index (χ2v) is 16.7. The molecule has 4 atom stereocenters. The van der Waals surface area contributed by atoms with Gasteiger partial charge in [-0.05, 0) is 69.0 Å². The van der Waals surface area contributed by atoms with Crippen molar-refractivity contribution in [2.24, 2.45) is 5.92 Å². The first-order chi connectivity index (χ1) is 26.1. The Kier molecular flexibility index (Phi) is 12.1. The Bertz CT molecular complexity index is 1900. The summed E-state index contributed by atoms with van der Waals surface area (Å²) in [5.74, 6) is -4.11. The van der Waals surface area contributed by atoms with Crippen molar-refractivity contribution >= 4 is 52.8 Å². The number of halogens is 2. The highest BCUT2D eigenvalue weighted by Gasteiger charge is 2.44. The minimum Gasteiger partial charge on any atom is -0.478 e. The summed E-state index contributed by atoms with van der Waals surface area (Å²) in [5, 5.41) is 25.4. The lowest BCUT2D eigenvalue weighted by Crippen LogP contribution is -2.56. The molecule has 12 heteroatoms. The summed E-state index contributed by atoms with van der Waals surface area (Å²) in [6, 6.07) is 26.2. The normalized spacial score (nSPS) is 24.0. The number of piperidine rings is 1. The van der Waals surface area contributed by atoms with Gasteiger partial charge in [-0.2, -0.15) is 0 Å². The molecule has 9 nitrogen and oxygen atoms in total. The Morgan fingerprint density at radius 2 is 1.39 bits per heavy atom. The van der Waals surface area contributed by atoms with Gasteiger partial charge in [0.15, 0.2) is 0 Å². The van der Waals surface area contributed by atoms with E-state index in [0.717, 1.165) is 36.4 Å². The molecular weight excluding hydrogens is 743 g/mol. The molecule has 7 rings (SSSR count). The third-order valence-corrected chi connectivity index (χ3v) is 13.6. The Morgan fingerprint density at radius 1 is 0.796 bits per heavy atom. The first kappa shape index (κ1) is 38.5. The Morgan fingerprint density at radius 3 is 1.98 bits per heavy atom. The van der Waals surface area contributed by atoms with Gasteiger partial charge < -0.3 is 25.3 Å². The van der Waals surface area contributed by atoms with E-state index in [9.17, 15) is 24.6 Å². The molecule has 0 aliphatic carbocycles. The van der Waals surface area contributed by atoms with Crippen molar-refractivity contribution in [2.75, 3.05) is 39.0 Å². The van der Waals surface area contributed by atoms with Crippen LogP contribution in [0.2, 0.25) is 10.0 Å². The summed E-state index contributed by atoms with van der Waals surface area (Å²) in [6.45, 7) is 2.62. The number of benzene rings is 3. The molecular formula is C42H46Cl2N4O5S. The Balaban J connectivity index is 1.23. The monoisotopic (exact) mass is 788 g/mol. The summed E-state index contributed by atoms with van der Waals surface area (Å²) in [6.07, 6.45) is 5.04. The standard InChI is InChI=1S/C42H46Cl2N4O5S/c1-46-28-15-16-29(46)23-30(22-28)47-17-19-48(20-18-47)35(49)24-34-37(41(50)51)38(36-32(43)13-8-14-33(36)44)39(42(52)53)40(45-34)27(21-26-9-4-2-5-10-26)25-54-31-11-6-3-7-12-31/h2-14,27-30,38,45H,15-25H2,1H3,(H,50,51)(H,52,53). The van der Waals surface area contributed by atoms with Gasteiger partial charge in [0.2, 0.25) is 5.91 Å². The number of hydrogen-bond donors (Lipinski definition) is 3. The highest BCUT2D eigenvalue weighted by molar-refractivity contribution is 7.99. The van der Waals surface area contributed by atoms with Crippen LogP contribution in [0, 0.1) is 5.92 Å². The third kappa shape index (κ3) is 8.23. The van der Waals surface area contributed by atoms with Gasteiger partial charge in [0.1, 0.15) is 0 Å². The number of aliphatic carboxylic acids is 2.